The third-order valence-corrected chi connectivity index (χ3v) is 0.772. The van der Waals surface area contributed by atoms with Gasteiger partial charge in [0.1, 0.15) is 0 Å². The molecule has 0 aromatic heterocycles. The fraction of sp³-hybridized carbons (Fsp3) is 0.333. The van der Waals surface area contributed by atoms with E-state index in [9.17, 15) is 9.59 Å². The summed E-state index contributed by atoms with van der Waals surface area (Å²) in [5, 5.41) is 4.54. The summed E-state index contributed by atoms with van der Waals surface area (Å²) in [7, 11) is 1.19. The molecule has 1 radical (unpaired) electrons. The zero-order valence-corrected chi connectivity index (χ0v) is 6.93. The maximum atomic E-state index is 10.1. The molecular weight excluding hydrogens is 234 g/mol. The summed E-state index contributed by atoms with van der Waals surface area (Å²) in [5.74, 6) is -0.208. The highest BCUT2D eigenvalue weighted by molar-refractivity contribution is 14.1. The SMILES string of the molecule is CC(=O)N[B]NC(=O)I. The zero-order valence-electron chi connectivity index (χ0n) is 4.77. The normalized spacial score (nSPS) is 7.78. The lowest BCUT2D eigenvalue weighted by Crippen LogP contribution is -2.37. The van der Waals surface area contributed by atoms with Crippen molar-refractivity contribution in [3.63, 3.8) is 0 Å². The molecule has 2 amide bonds. The molecule has 0 saturated heterocycles. The Morgan fingerprint density at radius 1 is 1.44 bits per heavy atom. The van der Waals surface area contributed by atoms with Crippen LogP contribution in [0.2, 0.25) is 0 Å². The van der Waals surface area contributed by atoms with E-state index in [1.54, 1.807) is 22.6 Å². The molecule has 0 aromatic rings. The van der Waals surface area contributed by atoms with Crippen LogP contribution in [0, 0.1) is 0 Å². The van der Waals surface area contributed by atoms with Crippen molar-refractivity contribution >= 4 is 40.0 Å². The Labute approximate surface area is 67.2 Å². The van der Waals surface area contributed by atoms with Crippen LogP contribution in [0.25, 0.3) is 0 Å². The average molecular weight is 239 g/mol. The first-order valence-corrected chi connectivity index (χ1v) is 3.25. The van der Waals surface area contributed by atoms with Crippen LogP contribution in [0.5, 0.6) is 0 Å². The maximum absolute atomic E-state index is 10.1. The van der Waals surface area contributed by atoms with Gasteiger partial charge in [0.05, 0.1) is 0 Å². The quantitative estimate of drug-likeness (QED) is 0.303. The summed E-state index contributed by atoms with van der Waals surface area (Å²) in [4.78, 5) is 20.2. The van der Waals surface area contributed by atoms with Crippen LogP contribution in [0.1, 0.15) is 6.92 Å². The summed E-state index contributed by atoms with van der Waals surface area (Å²) in [6.45, 7) is 1.36. The molecule has 0 rings (SSSR count). The lowest BCUT2D eigenvalue weighted by atomic mass is 10.2. The minimum atomic E-state index is -0.235. The number of carbonyl (C=O) groups excluding carboxylic acids is 2. The molecule has 0 aliphatic rings. The molecule has 0 spiro atoms. The van der Waals surface area contributed by atoms with Crippen LogP contribution in [0.3, 0.4) is 0 Å². The van der Waals surface area contributed by atoms with Gasteiger partial charge in [0, 0.05) is 29.5 Å². The van der Waals surface area contributed by atoms with Gasteiger partial charge in [0.2, 0.25) is 5.91 Å². The van der Waals surface area contributed by atoms with Crippen LogP contribution in [0.15, 0.2) is 0 Å². The Morgan fingerprint density at radius 3 is 2.33 bits per heavy atom. The highest BCUT2D eigenvalue weighted by atomic mass is 127. The molecule has 0 atom stereocenters. The second kappa shape index (κ2) is 4.60. The molecule has 0 aromatic carbocycles. The Morgan fingerprint density at radius 2 is 2.00 bits per heavy atom. The average Bonchev–Trinajstić information content (AvgIpc) is 1.63. The first-order valence-electron chi connectivity index (χ1n) is 2.17. The third-order valence-electron chi connectivity index (χ3n) is 0.461. The largest absolute Gasteiger partial charge is 0.390 e. The van der Waals surface area contributed by atoms with Gasteiger partial charge >= 0.3 is 7.55 Å². The van der Waals surface area contributed by atoms with Crippen LogP contribution in [-0.2, 0) is 4.79 Å². The molecule has 0 aliphatic carbocycles. The predicted molar refractivity (Wildman–Crippen MR) is 42.1 cm³/mol. The van der Waals surface area contributed by atoms with Gasteiger partial charge in [-0.05, 0) is 0 Å². The molecule has 0 fully saturated rings. The summed E-state index contributed by atoms with van der Waals surface area (Å²) in [5.41, 5.74) is 0. The highest BCUT2D eigenvalue weighted by Gasteiger charge is 1.95. The molecule has 49 valence electrons. The molecule has 0 heterocycles. The number of rotatable bonds is 2. The lowest BCUT2D eigenvalue weighted by molar-refractivity contribution is -0.117. The minimum absolute atomic E-state index is 0.208. The second-order valence-electron chi connectivity index (χ2n) is 1.26. The lowest BCUT2D eigenvalue weighted by Gasteiger charge is -1.95. The van der Waals surface area contributed by atoms with E-state index in [0.717, 1.165) is 0 Å². The van der Waals surface area contributed by atoms with E-state index < -0.39 is 0 Å². The van der Waals surface area contributed by atoms with E-state index in [4.69, 9.17) is 0 Å². The van der Waals surface area contributed by atoms with E-state index in [1.165, 1.54) is 14.5 Å². The van der Waals surface area contributed by atoms with Crippen molar-refractivity contribution < 1.29 is 9.59 Å². The van der Waals surface area contributed by atoms with Crippen molar-refractivity contribution in [1.29, 1.82) is 0 Å². The van der Waals surface area contributed by atoms with Crippen molar-refractivity contribution in [1.82, 2.24) is 10.5 Å². The molecule has 2 N–H and O–H groups in total. The van der Waals surface area contributed by atoms with Gasteiger partial charge in [-0.2, -0.15) is 0 Å². The van der Waals surface area contributed by atoms with E-state index >= 15 is 0 Å². The molecule has 9 heavy (non-hydrogen) atoms. The van der Waals surface area contributed by atoms with Crippen molar-refractivity contribution in [2.24, 2.45) is 0 Å². The van der Waals surface area contributed by atoms with Crippen molar-refractivity contribution in [2.45, 2.75) is 6.92 Å². The predicted octanol–water partition coefficient (Wildman–Crippen LogP) is -0.199. The molecule has 0 saturated carbocycles. The number of amides is 2. The molecule has 0 bridgehead atoms. The van der Waals surface area contributed by atoms with E-state index in [1.807, 2.05) is 0 Å². The van der Waals surface area contributed by atoms with Gasteiger partial charge in [-0.25, -0.2) is 0 Å². The summed E-state index contributed by atoms with van der Waals surface area (Å²) >= 11 is 1.56. The van der Waals surface area contributed by atoms with Crippen LogP contribution >= 0.6 is 22.6 Å². The molecule has 4 nitrogen and oxygen atoms in total. The summed E-state index contributed by atoms with van der Waals surface area (Å²) in [6.07, 6.45) is 0. The Balaban J connectivity index is 3.10. The number of hydrogen-bond acceptors (Lipinski definition) is 2. The van der Waals surface area contributed by atoms with Gasteiger partial charge in [0.15, 0.2) is 0 Å². The van der Waals surface area contributed by atoms with Crippen molar-refractivity contribution in [3.05, 3.63) is 0 Å². The maximum Gasteiger partial charge on any atom is 0.390 e. The number of halogens is 1. The van der Waals surface area contributed by atoms with E-state index in [0.29, 0.717) is 0 Å². The number of nitrogens with one attached hydrogen (secondary N) is 2. The minimum Gasteiger partial charge on any atom is -0.383 e. The first-order chi connectivity index (χ1) is 4.13. The fourth-order valence-electron chi connectivity index (χ4n) is 0.194. The zero-order chi connectivity index (χ0) is 7.28. The number of carbonyl (C=O) groups is 2. The summed E-state index contributed by atoms with van der Waals surface area (Å²) < 4.78 is -0.235. The van der Waals surface area contributed by atoms with Crippen LogP contribution < -0.4 is 10.5 Å². The van der Waals surface area contributed by atoms with Crippen LogP contribution in [-0.4, -0.2) is 17.4 Å². The van der Waals surface area contributed by atoms with Crippen molar-refractivity contribution in [3.8, 4) is 0 Å². The van der Waals surface area contributed by atoms with E-state index in [2.05, 4.69) is 10.5 Å². The Bertz CT molecular complexity index is 115. The van der Waals surface area contributed by atoms with Gasteiger partial charge in [-0.3, -0.25) is 9.59 Å². The van der Waals surface area contributed by atoms with E-state index in [-0.39, 0.29) is 9.82 Å². The summed E-state index contributed by atoms with van der Waals surface area (Å²) in [6, 6.07) is 0. The molecule has 0 aliphatic heterocycles. The van der Waals surface area contributed by atoms with Gasteiger partial charge in [-0.1, -0.05) is 0 Å². The Hall–Kier alpha value is -0.265. The van der Waals surface area contributed by atoms with Crippen molar-refractivity contribution in [2.75, 3.05) is 0 Å². The molecule has 6 heteroatoms. The fourth-order valence-corrected chi connectivity index (χ4v) is 0.350. The van der Waals surface area contributed by atoms with Crippen LogP contribution in [0.4, 0.5) is 4.79 Å². The Kier molecular flexibility index (Phi) is 4.46. The number of hydrogen-bond donors (Lipinski definition) is 2. The molecular formula is C3H5BIN2O2. The van der Waals surface area contributed by atoms with Gasteiger partial charge in [-0.15, -0.1) is 0 Å². The molecule has 0 unspecified atom stereocenters. The second-order valence-corrected chi connectivity index (χ2v) is 2.24. The van der Waals surface area contributed by atoms with Gasteiger partial charge < -0.3 is 10.5 Å². The third kappa shape index (κ3) is 7.73. The van der Waals surface area contributed by atoms with Gasteiger partial charge in [0.25, 0.3) is 3.91 Å². The smallest absolute Gasteiger partial charge is 0.383 e. The monoisotopic (exact) mass is 239 g/mol. The topological polar surface area (TPSA) is 58.2 Å². The highest BCUT2D eigenvalue weighted by Crippen LogP contribution is 1.78. The standard InChI is InChI=1S/C3H5BIN2O2/c1-2(8)6-4-7-3(5)9/h1H3,(H,6,8)(H,7,9). The first kappa shape index (κ1) is 8.73.